The second-order valence-electron chi connectivity index (χ2n) is 3.56. The number of phenols is 1. The maximum absolute atomic E-state index is 13.3. The van der Waals surface area contributed by atoms with Crippen LogP contribution in [0.15, 0.2) is 41.4 Å². The third-order valence-electron chi connectivity index (χ3n) is 2.24. The zero-order valence-electron chi connectivity index (χ0n) is 9.07. The van der Waals surface area contributed by atoms with Crippen LogP contribution in [0, 0.1) is 11.6 Å². The van der Waals surface area contributed by atoms with E-state index in [2.05, 4.69) is 4.99 Å². The number of phenolic OH excluding ortho intramolecular Hbond substituents is 1. The van der Waals surface area contributed by atoms with Crippen LogP contribution in [0.2, 0.25) is 5.02 Å². The van der Waals surface area contributed by atoms with Crippen molar-refractivity contribution in [1.29, 1.82) is 0 Å². The molecule has 0 unspecified atom stereocenters. The Balaban J connectivity index is 2.35. The molecule has 0 saturated heterocycles. The highest BCUT2D eigenvalue weighted by Gasteiger charge is 2.03. The van der Waals surface area contributed by atoms with Gasteiger partial charge in [0.2, 0.25) is 0 Å². The molecule has 2 nitrogen and oxygen atoms in total. The van der Waals surface area contributed by atoms with Gasteiger partial charge in [-0.15, -0.1) is 0 Å². The van der Waals surface area contributed by atoms with Crippen LogP contribution in [0.5, 0.6) is 5.75 Å². The number of rotatable bonds is 2. The number of benzene rings is 2. The van der Waals surface area contributed by atoms with Gasteiger partial charge in [-0.2, -0.15) is 0 Å². The van der Waals surface area contributed by atoms with Gasteiger partial charge in [0.25, 0.3) is 0 Å². The second-order valence-corrected chi connectivity index (χ2v) is 3.99. The molecule has 0 radical (unpaired) electrons. The van der Waals surface area contributed by atoms with Gasteiger partial charge in [0.05, 0.1) is 0 Å². The molecular formula is C13H8ClF2NO. The molecule has 0 heterocycles. The van der Waals surface area contributed by atoms with Gasteiger partial charge in [0, 0.05) is 22.9 Å². The van der Waals surface area contributed by atoms with Gasteiger partial charge < -0.3 is 5.11 Å². The van der Waals surface area contributed by atoms with Crippen molar-refractivity contribution in [2.45, 2.75) is 0 Å². The Morgan fingerprint density at radius 1 is 1.11 bits per heavy atom. The fourth-order valence-corrected chi connectivity index (χ4v) is 1.53. The summed E-state index contributed by atoms with van der Waals surface area (Å²) in [5.74, 6) is -1.27. The van der Waals surface area contributed by atoms with E-state index in [-0.39, 0.29) is 11.4 Å². The van der Waals surface area contributed by atoms with Crippen molar-refractivity contribution in [2.24, 2.45) is 4.99 Å². The number of halogens is 3. The lowest BCUT2D eigenvalue weighted by Crippen LogP contribution is -1.84. The lowest BCUT2D eigenvalue weighted by molar-refractivity contribution is 0.474. The maximum atomic E-state index is 13.3. The fourth-order valence-electron chi connectivity index (χ4n) is 1.35. The summed E-state index contributed by atoms with van der Waals surface area (Å²) in [6.45, 7) is 0. The molecule has 0 saturated carbocycles. The molecule has 0 aliphatic carbocycles. The van der Waals surface area contributed by atoms with Gasteiger partial charge in [0.15, 0.2) is 0 Å². The molecule has 0 spiro atoms. The second kappa shape index (κ2) is 5.14. The number of hydrogen-bond acceptors (Lipinski definition) is 2. The minimum Gasteiger partial charge on any atom is -0.507 e. The van der Waals surface area contributed by atoms with Crippen LogP contribution in [0.3, 0.4) is 0 Å². The number of aromatic hydroxyl groups is 1. The van der Waals surface area contributed by atoms with E-state index in [1.54, 1.807) is 0 Å². The molecule has 2 aromatic rings. The molecule has 0 fully saturated rings. The summed E-state index contributed by atoms with van der Waals surface area (Å²) in [6.07, 6.45) is 1.22. The smallest absolute Gasteiger partial charge is 0.149 e. The topological polar surface area (TPSA) is 32.6 Å². The van der Waals surface area contributed by atoms with Gasteiger partial charge in [0.1, 0.15) is 23.1 Å². The molecule has 0 aliphatic rings. The molecule has 2 aromatic carbocycles. The largest absolute Gasteiger partial charge is 0.507 e. The minimum absolute atomic E-state index is 0.0417. The van der Waals surface area contributed by atoms with Gasteiger partial charge >= 0.3 is 0 Å². The third kappa shape index (κ3) is 2.84. The Labute approximate surface area is 107 Å². The Morgan fingerprint density at radius 2 is 1.89 bits per heavy atom. The molecule has 1 N–H and O–H groups in total. The molecule has 0 aliphatic heterocycles. The highest BCUT2D eigenvalue weighted by Crippen LogP contribution is 2.22. The van der Waals surface area contributed by atoms with E-state index in [0.29, 0.717) is 10.6 Å². The number of nitrogens with zero attached hydrogens (tertiary/aromatic N) is 1. The molecule has 0 atom stereocenters. The predicted molar refractivity (Wildman–Crippen MR) is 66.7 cm³/mol. The Bertz CT molecular complexity index is 560. The van der Waals surface area contributed by atoms with Crippen LogP contribution in [-0.2, 0) is 0 Å². The zero-order valence-corrected chi connectivity index (χ0v) is 9.83. The first-order valence-corrected chi connectivity index (χ1v) is 5.42. The SMILES string of the molecule is Oc1ccc(Cl)cc1C=Nc1cc(F)ccc1F. The van der Waals surface area contributed by atoms with Crippen LogP contribution < -0.4 is 0 Å². The van der Waals surface area contributed by atoms with Crippen molar-refractivity contribution in [3.05, 3.63) is 58.6 Å². The van der Waals surface area contributed by atoms with Crippen LogP contribution >= 0.6 is 11.6 Å². The van der Waals surface area contributed by atoms with E-state index in [4.69, 9.17) is 11.6 Å². The standard InChI is InChI=1S/C13H8ClF2NO/c14-9-1-4-13(18)8(5-9)7-17-12-6-10(15)2-3-11(12)16/h1-7,18H. The quantitative estimate of drug-likeness (QED) is 0.817. The number of hydrogen-bond donors (Lipinski definition) is 1. The van der Waals surface area contributed by atoms with Crippen molar-refractivity contribution >= 4 is 23.5 Å². The first kappa shape index (κ1) is 12.5. The van der Waals surface area contributed by atoms with Crippen molar-refractivity contribution in [3.8, 4) is 5.75 Å². The molecule has 5 heteroatoms. The molecule has 92 valence electrons. The van der Waals surface area contributed by atoms with Gasteiger partial charge in [-0.25, -0.2) is 8.78 Å². The van der Waals surface area contributed by atoms with Crippen molar-refractivity contribution in [1.82, 2.24) is 0 Å². The molecule has 0 bridgehead atoms. The lowest BCUT2D eigenvalue weighted by atomic mass is 10.2. The Morgan fingerprint density at radius 3 is 2.67 bits per heavy atom. The average Bonchev–Trinajstić information content (AvgIpc) is 2.34. The van der Waals surface area contributed by atoms with Crippen LogP contribution in [0.25, 0.3) is 0 Å². The molecule has 2 rings (SSSR count). The third-order valence-corrected chi connectivity index (χ3v) is 2.48. The van der Waals surface area contributed by atoms with E-state index in [1.165, 1.54) is 24.4 Å². The Hall–Kier alpha value is -1.94. The van der Waals surface area contributed by atoms with Gasteiger partial charge in [-0.05, 0) is 30.3 Å². The first-order chi connectivity index (χ1) is 8.56. The van der Waals surface area contributed by atoms with Gasteiger partial charge in [-0.1, -0.05) is 11.6 Å². The van der Waals surface area contributed by atoms with E-state index in [1.807, 2.05) is 0 Å². The van der Waals surface area contributed by atoms with Crippen LogP contribution in [0.1, 0.15) is 5.56 Å². The summed E-state index contributed by atoms with van der Waals surface area (Å²) in [4.78, 5) is 3.78. The summed E-state index contributed by atoms with van der Waals surface area (Å²) >= 11 is 5.75. The van der Waals surface area contributed by atoms with Crippen LogP contribution in [0.4, 0.5) is 14.5 Å². The van der Waals surface area contributed by atoms with E-state index in [9.17, 15) is 13.9 Å². The molecular weight excluding hydrogens is 260 g/mol. The summed E-state index contributed by atoms with van der Waals surface area (Å²) in [6, 6.07) is 7.33. The minimum atomic E-state index is -0.644. The summed E-state index contributed by atoms with van der Waals surface area (Å²) in [7, 11) is 0. The highest BCUT2D eigenvalue weighted by atomic mass is 35.5. The van der Waals surface area contributed by atoms with Crippen molar-refractivity contribution in [2.75, 3.05) is 0 Å². The van der Waals surface area contributed by atoms with Crippen molar-refractivity contribution < 1.29 is 13.9 Å². The lowest BCUT2D eigenvalue weighted by Gasteiger charge is -2.00. The highest BCUT2D eigenvalue weighted by molar-refractivity contribution is 6.30. The summed E-state index contributed by atoms with van der Waals surface area (Å²) in [5.41, 5.74) is 0.181. The maximum Gasteiger partial charge on any atom is 0.149 e. The first-order valence-electron chi connectivity index (χ1n) is 5.04. The van der Waals surface area contributed by atoms with E-state index < -0.39 is 11.6 Å². The van der Waals surface area contributed by atoms with Crippen LogP contribution in [-0.4, -0.2) is 11.3 Å². The average molecular weight is 268 g/mol. The normalized spacial score (nSPS) is 11.1. The fraction of sp³-hybridized carbons (Fsp3) is 0. The molecule has 0 aromatic heterocycles. The summed E-state index contributed by atoms with van der Waals surface area (Å²) in [5, 5.41) is 9.93. The Kier molecular flexibility index (Phi) is 3.58. The van der Waals surface area contributed by atoms with E-state index >= 15 is 0 Å². The molecule has 0 amide bonds. The van der Waals surface area contributed by atoms with E-state index in [0.717, 1.165) is 18.2 Å². The monoisotopic (exact) mass is 267 g/mol. The van der Waals surface area contributed by atoms with Gasteiger partial charge in [-0.3, -0.25) is 4.99 Å². The predicted octanol–water partition coefficient (Wildman–Crippen LogP) is 4.07. The summed E-state index contributed by atoms with van der Waals surface area (Å²) < 4.78 is 26.2. The molecule has 18 heavy (non-hydrogen) atoms. The van der Waals surface area contributed by atoms with Crippen molar-refractivity contribution in [3.63, 3.8) is 0 Å². The zero-order chi connectivity index (χ0) is 13.1. The number of aliphatic imine (C=N–C) groups is 1.